The number of sulfonamides is 1. The fraction of sp³-hybridized carbons (Fsp3) is 1.00. The van der Waals surface area contributed by atoms with Gasteiger partial charge in [0.2, 0.25) is 10.0 Å². The van der Waals surface area contributed by atoms with E-state index in [0.29, 0.717) is 26.2 Å². The zero-order valence-electron chi connectivity index (χ0n) is 11.9. The Morgan fingerprint density at radius 3 is 2.58 bits per heavy atom. The number of hydrogen-bond donors (Lipinski definition) is 1. The molecule has 0 aromatic carbocycles. The van der Waals surface area contributed by atoms with Crippen molar-refractivity contribution in [3.05, 3.63) is 0 Å². The molecule has 1 rings (SSSR count). The molecule has 0 saturated carbocycles. The van der Waals surface area contributed by atoms with E-state index in [1.54, 1.807) is 4.31 Å². The Labute approximate surface area is 116 Å². The van der Waals surface area contributed by atoms with Crippen molar-refractivity contribution in [2.24, 2.45) is 0 Å². The molecule has 0 atom stereocenters. The smallest absolute Gasteiger partial charge is 0.216 e. The van der Waals surface area contributed by atoms with Crippen molar-refractivity contribution >= 4 is 10.0 Å². The molecule has 0 radical (unpaired) electrons. The normalized spacial score (nSPS) is 19.8. The van der Waals surface area contributed by atoms with Gasteiger partial charge in [0.15, 0.2) is 0 Å². The first kappa shape index (κ1) is 16.8. The van der Waals surface area contributed by atoms with E-state index in [0.717, 1.165) is 13.0 Å². The molecule has 1 N–H and O–H groups in total. The molecule has 1 aliphatic rings. The van der Waals surface area contributed by atoms with Gasteiger partial charge in [-0.05, 0) is 26.8 Å². The van der Waals surface area contributed by atoms with Gasteiger partial charge >= 0.3 is 0 Å². The van der Waals surface area contributed by atoms with Crippen LogP contribution in [-0.2, 0) is 14.8 Å². The van der Waals surface area contributed by atoms with Gasteiger partial charge in [-0.25, -0.2) is 12.7 Å². The lowest BCUT2D eigenvalue weighted by Crippen LogP contribution is -2.38. The van der Waals surface area contributed by atoms with Gasteiger partial charge in [-0.1, -0.05) is 0 Å². The second kappa shape index (κ2) is 8.16. The SMILES string of the molecule is CC(C)OCCS(=O)(=O)N1CCCN(CCO)CC1. The van der Waals surface area contributed by atoms with E-state index in [2.05, 4.69) is 4.90 Å². The first-order valence-electron chi connectivity index (χ1n) is 6.88. The monoisotopic (exact) mass is 294 g/mol. The highest BCUT2D eigenvalue weighted by molar-refractivity contribution is 7.89. The van der Waals surface area contributed by atoms with Crippen LogP contribution in [0.15, 0.2) is 0 Å². The summed E-state index contributed by atoms with van der Waals surface area (Å²) in [5.41, 5.74) is 0. The number of hydrogen-bond acceptors (Lipinski definition) is 5. The van der Waals surface area contributed by atoms with Gasteiger partial charge in [0.05, 0.1) is 25.1 Å². The number of ether oxygens (including phenoxy) is 1. The van der Waals surface area contributed by atoms with Crippen molar-refractivity contribution in [3.8, 4) is 0 Å². The molecule has 0 amide bonds. The molecular formula is C12H26N2O4S. The van der Waals surface area contributed by atoms with E-state index in [1.807, 2.05) is 13.8 Å². The molecule has 114 valence electrons. The third kappa shape index (κ3) is 6.18. The van der Waals surface area contributed by atoms with Crippen LogP contribution in [0.5, 0.6) is 0 Å². The zero-order valence-corrected chi connectivity index (χ0v) is 12.7. The van der Waals surface area contributed by atoms with Crippen LogP contribution in [0.3, 0.4) is 0 Å². The quantitative estimate of drug-likeness (QED) is 0.700. The number of aliphatic hydroxyl groups excluding tert-OH is 1. The Morgan fingerprint density at radius 2 is 1.95 bits per heavy atom. The van der Waals surface area contributed by atoms with Gasteiger partial charge < -0.3 is 9.84 Å². The summed E-state index contributed by atoms with van der Waals surface area (Å²) in [5.74, 6) is 0.0468. The number of aliphatic hydroxyl groups is 1. The lowest BCUT2D eigenvalue weighted by Gasteiger charge is -2.21. The van der Waals surface area contributed by atoms with Crippen LogP contribution in [0.25, 0.3) is 0 Å². The lowest BCUT2D eigenvalue weighted by molar-refractivity contribution is 0.0907. The van der Waals surface area contributed by atoms with E-state index in [1.165, 1.54) is 0 Å². The summed E-state index contributed by atoms with van der Waals surface area (Å²) < 4.78 is 31.2. The largest absolute Gasteiger partial charge is 0.395 e. The van der Waals surface area contributed by atoms with Crippen molar-refractivity contribution in [1.82, 2.24) is 9.21 Å². The maximum atomic E-state index is 12.2. The fourth-order valence-corrected chi connectivity index (χ4v) is 3.44. The van der Waals surface area contributed by atoms with Gasteiger partial charge in [0, 0.05) is 26.2 Å². The molecule has 1 fully saturated rings. The van der Waals surface area contributed by atoms with Gasteiger partial charge in [0.25, 0.3) is 0 Å². The number of β-amino-alcohol motifs (C(OH)–C–C–N with tert-alkyl or cyclic N) is 1. The maximum Gasteiger partial charge on any atom is 0.216 e. The molecule has 1 heterocycles. The predicted octanol–water partition coefficient (Wildman–Crippen LogP) is -0.259. The second-order valence-corrected chi connectivity index (χ2v) is 7.14. The van der Waals surface area contributed by atoms with E-state index in [-0.39, 0.29) is 25.1 Å². The number of rotatable bonds is 7. The van der Waals surface area contributed by atoms with E-state index in [4.69, 9.17) is 9.84 Å². The van der Waals surface area contributed by atoms with Crippen molar-refractivity contribution in [2.75, 3.05) is 51.7 Å². The predicted molar refractivity (Wildman–Crippen MR) is 74.6 cm³/mol. The molecule has 1 saturated heterocycles. The van der Waals surface area contributed by atoms with Crippen LogP contribution >= 0.6 is 0 Å². The molecule has 6 nitrogen and oxygen atoms in total. The first-order chi connectivity index (χ1) is 8.95. The summed E-state index contributed by atoms with van der Waals surface area (Å²) in [7, 11) is -3.22. The maximum absolute atomic E-state index is 12.2. The molecule has 0 bridgehead atoms. The van der Waals surface area contributed by atoms with Crippen molar-refractivity contribution in [2.45, 2.75) is 26.4 Å². The van der Waals surface area contributed by atoms with Gasteiger partial charge in [-0.15, -0.1) is 0 Å². The molecule has 0 aromatic rings. The second-order valence-electron chi connectivity index (χ2n) is 5.05. The molecule has 0 aliphatic carbocycles. The highest BCUT2D eigenvalue weighted by Crippen LogP contribution is 2.09. The minimum absolute atomic E-state index is 0.0468. The van der Waals surface area contributed by atoms with E-state index in [9.17, 15) is 8.42 Å². The fourth-order valence-electron chi connectivity index (χ4n) is 2.11. The molecule has 19 heavy (non-hydrogen) atoms. The first-order valence-corrected chi connectivity index (χ1v) is 8.49. The highest BCUT2D eigenvalue weighted by atomic mass is 32.2. The van der Waals surface area contributed by atoms with E-state index >= 15 is 0 Å². The van der Waals surface area contributed by atoms with Crippen molar-refractivity contribution in [1.29, 1.82) is 0 Å². The van der Waals surface area contributed by atoms with Gasteiger partial charge in [-0.2, -0.15) is 0 Å². The number of nitrogens with zero attached hydrogens (tertiary/aromatic N) is 2. The minimum Gasteiger partial charge on any atom is -0.395 e. The highest BCUT2D eigenvalue weighted by Gasteiger charge is 2.24. The molecule has 7 heteroatoms. The average Bonchev–Trinajstić information content (AvgIpc) is 2.55. The summed E-state index contributed by atoms with van der Waals surface area (Å²) in [5, 5.41) is 8.91. The summed E-state index contributed by atoms with van der Waals surface area (Å²) in [4.78, 5) is 2.10. The van der Waals surface area contributed by atoms with Crippen LogP contribution in [0, 0.1) is 0 Å². The van der Waals surface area contributed by atoms with Crippen molar-refractivity contribution in [3.63, 3.8) is 0 Å². The summed E-state index contributed by atoms with van der Waals surface area (Å²) in [6, 6.07) is 0. The Morgan fingerprint density at radius 1 is 1.21 bits per heavy atom. The van der Waals surface area contributed by atoms with Crippen LogP contribution in [0.4, 0.5) is 0 Å². The minimum atomic E-state index is -3.22. The average molecular weight is 294 g/mol. The Bertz CT molecular complexity index is 346. The van der Waals surface area contributed by atoms with Crippen LogP contribution in [-0.4, -0.2) is 80.5 Å². The third-order valence-electron chi connectivity index (χ3n) is 3.15. The Kier molecular flexibility index (Phi) is 7.23. The van der Waals surface area contributed by atoms with Crippen LogP contribution in [0.2, 0.25) is 0 Å². The van der Waals surface area contributed by atoms with Gasteiger partial charge in [-0.3, -0.25) is 4.90 Å². The third-order valence-corrected chi connectivity index (χ3v) is 4.98. The molecule has 1 aliphatic heterocycles. The molecule has 0 aromatic heterocycles. The summed E-state index contributed by atoms with van der Waals surface area (Å²) >= 11 is 0. The summed E-state index contributed by atoms with van der Waals surface area (Å²) in [6.45, 7) is 7.36. The Balaban J connectivity index is 2.45. The summed E-state index contributed by atoms with van der Waals surface area (Å²) in [6.07, 6.45) is 0.865. The van der Waals surface area contributed by atoms with E-state index < -0.39 is 10.0 Å². The van der Waals surface area contributed by atoms with Crippen molar-refractivity contribution < 1.29 is 18.3 Å². The molecular weight excluding hydrogens is 268 g/mol. The lowest BCUT2D eigenvalue weighted by atomic mass is 10.4. The standard InChI is InChI=1S/C12H26N2O4S/c1-12(2)18-10-11-19(16,17)14-5-3-4-13(6-7-14)8-9-15/h12,15H,3-11H2,1-2H3. The van der Waals surface area contributed by atoms with Crippen LogP contribution < -0.4 is 0 Å². The molecule has 0 spiro atoms. The zero-order chi connectivity index (χ0) is 14.3. The van der Waals surface area contributed by atoms with Gasteiger partial charge in [0.1, 0.15) is 0 Å². The molecule has 0 unspecified atom stereocenters. The Hall–Kier alpha value is -0.210. The topological polar surface area (TPSA) is 70.1 Å². The van der Waals surface area contributed by atoms with Crippen LogP contribution in [0.1, 0.15) is 20.3 Å².